The maximum atomic E-state index is 12.8. The average Bonchev–Trinajstić information content (AvgIpc) is 2.03. The maximum absolute atomic E-state index is 12.8. The molecule has 0 aliphatic rings. The van der Waals surface area contributed by atoms with Crippen LogP contribution in [0.1, 0.15) is 0 Å². The molecule has 0 spiro atoms. The number of hydrogen-bond donors (Lipinski definition) is 1. The van der Waals surface area contributed by atoms with Gasteiger partial charge in [0.05, 0.1) is 0 Å². The normalized spacial score (nSPS) is 10.1. The Morgan fingerprint density at radius 3 is 2.85 bits per heavy atom. The molecule has 2 nitrogen and oxygen atoms in total. The van der Waals surface area contributed by atoms with Crippen molar-refractivity contribution in [1.82, 2.24) is 5.32 Å². The number of likely N-dealkylation sites (N-methyl/N-ethyl adjacent to an activating group) is 1. The first-order valence-electron chi connectivity index (χ1n) is 3.96. The largest absolute Gasteiger partial charge is 0.492 e. The molecule has 0 aliphatic carbocycles. The molecule has 0 bridgehead atoms. The molecule has 72 valence electrons. The van der Waals surface area contributed by atoms with Gasteiger partial charge < -0.3 is 10.1 Å². The van der Waals surface area contributed by atoms with Crippen LogP contribution in [0, 0.1) is 5.82 Å². The molecule has 1 N–H and O–H groups in total. The minimum atomic E-state index is -0.297. The van der Waals surface area contributed by atoms with Gasteiger partial charge in [-0.25, -0.2) is 4.39 Å². The fraction of sp³-hybridized carbons (Fsp3) is 0.333. The Morgan fingerprint density at radius 2 is 2.23 bits per heavy atom. The standard InChI is InChI=1S/C9H11BrFNO/c1-12-2-3-13-9-5-7(10)4-8(11)6-9/h4-6,12H,2-3H2,1H3. The molecule has 0 unspecified atom stereocenters. The summed E-state index contributed by atoms with van der Waals surface area (Å²) >= 11 is 3.19. The van der Waals surface area contributed by atoms with Gasteiger partial charge in [-0.05, 0) is 19.2 Å². The second-order valence-corrected chi connectivity index (χ2v) is 3.47. The smallest absolute Gasteiger partial charge is 0.128 e. The fourth-order valence-corrected chi connectivity index (χ4v) is 1.33. The SMILES string of the molecule is CNCCOc1cc(F)cc(Br)c1. The molecule has 1 aromatic carbocycles. The first-order valence-corrected chi connectivity index (χ1v) is 4.75. The summed E-state index contributed by atoms with van der Waals surface area (Å²) in [5, 5.41) is 2.94. The van der Waals surface area contributed by atoms with Gasteiger partial charge in [0.1, 0.15) is 18.2 Å². The molecule has 0 aliphatic heterocycles. The van der Waals surface area contributed by atoms with E-state index in [0.29, 0.717) is 16.8 Å². The molecule has 0 amide bonds. The lowest BCUT2D eigenvalue weighted by atomic mass is 10.3. The number of rotatable bonds is 4. The first kappa shape index (κ1) is 10.5. The van der Waals surface area contributed by atoms with Crippen LogP contribution in [0.25, 0.3) is 0 Å². The predicted molar refractivity (Wildman–Crippen MR) is 53.5 cm³/mol. The van der Waals surface area contributed by atoms with Gasteiger partial charge in [-0.15, -0.1) is 0 Å². The van der Waals surface area contributed by atoms with Gasteiger partial charge in [-0.1, -0.05) is 15.9 Å². The van der Waals surface area contributed by atoms with Crippen molar-refractivity contribution in [2.24, 2.45) is 0 Å². The van der Waals surface area contributed by atoms with Crippen molar-refractivity contribution in [2.45, 2.75) is 0 Å². The van der Waals surface area contributed by atoms with E-state index in [0.717, 1.165) is 6.54 Å². The van der Waals surface area contributed by atoms with Crippen LogP contribution >= 0.6 is 15.9 Å². The molecular formula is C9H11BrFNO. The fourth-order valence-electron chi connectivity index (χ4n) is 0.883. The van der Waals surface area contributed by atoms with E-state index < -0.39 is 0 Å². The lowest BCUT2D eigenvalue weighted by Crippen LogP contribution is -2.15. The van der Waals surface area contributed by atoms with E-state index in [1.165, 1.54) is 12.1 Å². The molecule has 4 heteroatoms. The van der Waals surface area contributed by atoms with Crippen LogP contribution in [0.3, 0.4) is 0 Å². The van der Waals surface area contributed by atoms with Gasteiger partial charge in [0.25, 0.3) is 0 Å². The van der Waals surface area contributed by atoms with E-state index in [9.17, 15) is 4.39 Å². The third-order valence-corrected chi connectivity index (χ3v) is 1.91. The quantitative estimate of drug-likeness (QED) is 0.824. The van der Waals surface area contributed by atoms with Gasteiger partial charge in [0, 0.05) is 17.1 Å². The Hall–Kier alpha value is -0.610. The van der Waals surface area contributed by atoms with Crippen LogP contribution in [0.5, 0.6) is 5.75 Å². The summed E-state index contributed by atoms with van der Waals surface area (Å²) < 4.78 is 18.8. The van der Waals surface area contributed by atoms with Crippen molar-refractivity contribution in [3.05, 3.63) is 28.5 Å². The third kappa shape index (κ3) is 3.74. The Kier molecular flexibility index (Phi) is 4.18. The third-order valence-electron chi connectivity index (χ3n) is 1.46. The Morgan fingerprint density at radius 1 is 1.46 bits per heavy atom. The van der Waals surface area contributed by atoms with Crippen molar-refractivity contribution >= 4 is 15.9 Å². The lowest BCUT2D eigenvalue weighted by Gasteiger charge is -2.05. The number of nitrogens with one attached hydrogen (secondary N) is 1. The predicted octanol–water partition coefficient (Wildman–Crippen LogP) is 2.19. The highest BCUT2D eigenvalue weighted by Crippen LogP contribution is 2.20. The Bertz CT molecular complexity index is 260. The molecule has 1 rings (SSSR count). The van der Waals surface area contributed by atoms with E-state index in [4.69, 9.17) is 4.74 Å². The summed E-state index contributed by atoms with van der Waals surface area (Å²) in [6.45, 7) is 1.28. The molecule has 0 saturated carbocycles. The summed E-state index contributed by atoms with van der Waals surface area (Å²) in [5.41, 5.74) is 0. The first-order chi connectivity index (χ1) is 6.22. The van der Waals surface area contributed by atoms with Gasteiger partial charge in [0.15, 0.2) is 0 Å². The molecule has 13 heavy (non-hydrogen) atoms. The molecule has 0 radical (unpaired) electrons. The zero-order valence-corrected chi connectivity index (χ0v) is 8.90. The number of benzene rings is 1. The van der Waals surface area contributed by atoms with Crippen LogP contribution in [0.4, 0.5) is 4.39 Å². The highest BCUT2D eigenvalue weighted by Gasteiger charge is 1.98. The zero-order valence-electron chi connectivity index (χ0n) is 7.31. The highest BCUT2D eigenvalue weighted by molar-refractivity contribution is 9.10. The average molecular weight is 248 g/mol. The lowest BCUT2D eigenvalue weighted by molar-refractivity contribution is 0.316. The van der Waals surface area contributed by atoms with E-state index in [1.807, 2.05) is 7.05 Å². The molecule has 0 aromatic heterocycles. The zero-order chi connectivity index (χ0) is 9.68. The maximum Gasteiger partial charge on any atom is 0.128 e. The van der Waals surface area contributed by atoms with Crippen LogP contribution < -0.4 is 10.1 Å². The van der Waals surface area contributed by atoms with E-state index >= 15 is 0 Å². The second kappa shape index (κ2) is 5.19. The van der Waals surface area contributed by atoms with E-state index in [1.54, 1.807) is 6.07 Å². The van der Waals surface area contributed by atoms with Crippen molar-refractivity contribution in [3.63, 3.8) is 0 Å². The summed E-state index contributed by atoms with van der Waals surface area (Å²) in [4.78, 5) is 0. The minimum Gasteiger partial charge on any atom is -0.492 e. The molecule has 0 fully saturated rings. The van der Waals surface area contributed by atoms with Crippen LogP contribution in [0.15, 0.2) is 22.7 Å². The second-order valence-electron chi connectivity index (χ2n) is 2.56. The van der Waals surface area contributed by atoms with Gasteiger partial charge in [-0.2, -0.15) is 0 Å². The van der Waals surface area contributed by atoms with Gasteiger partial charge in [0.2, 0.25) is 0 Å². The van der Waals surface area contributed by atoms with Crippen molar-refractivity contribution in [2.75, 3.05) is 20.2 Å². The summed E-state index contributed by atoms with van der Waals surface area (Å²) in [7, 11) is 1.84. The van der Waals surface area contributed by atoms with Crippen molar-refractivity contribution in [3.8, 4) is 5.75 Å². The van der Waals surface area contributed by atoms with Crippen LogP contribution in [0.2, 0.25) is 0 Å². The molecule has 0 heterocycles. The molecule has 0 atom stereocenters. The number of halogens is 2. The minimum absolute atomic E-state index is 0.297. The summed E-state index contributed by atoms with van der Waals surface area (Å²) in [6.07, 6.45) is 0. The topological polar surface area (TPSA) is 21.3 Å². The van der Waals surface area contributed by atoms with Crippen molar-refractivity contribution in [1.29, 1.82) is 0 Å². The Balaban J connectivity index is 2.56. The van der Waals surface area contributed by atoms with Crippen molar-refractivity contribution < 1.29 is 9.13 Å². The highest BCUT2D eigenvalue weighted by atomic mass is 79.9. The molecular weight excluding hydrogens is 237 g/mol. The summed E-state index contributed by atoms with van der Waals surface area (Å²) in [5.74, 6) is 0.246. The monoisotopic (exact) mass is 247 g/mol. The number of ether oxygens (including phenoxy) is 1. The van der Waals surface area contributed by atoms with E-state index in [-0.39, 0.29) is 5.82 Å². The van der Waals surface area contributed by atoms with Gasteiger partial charge in [-0.3, -0.25) is 0 Å². The molecule has 1 aromatic rings. The van der Waals surface area contributed by atoms with E-state index in [2.05, 4.69) is 21.2 Å². The van der Waals surface area contributed by atoms with Crippen LogP contribution in [-0.4, -0.2) is 20.2 Å². The van der Waals surface area contributed by atoms with Crippen LogP contribution in [-0.2, 0) is 0 Å². The summed E-state index contributed by atoms with van der Waals surface area (Å²) in [6, 6.07) is 4.49. The Labute approximate surface area is 85.2 Å². The number of hydrogen-bond acceptors (Lipinski definition) is 2. The van der Waals surface area contributed by atoms with Gasteiger partial charge >= 0.3 is 0 Å². The molecule has 0 saturated heterocycles.